The molecule has 0 aliphatic carbocycles. The first-order chi connectivity index (χ1) is 14.1. The zero-order valence-corrected chi connectivity index (χ0v) is 17.2. The zero-order chi connectivity index (χ0) is 20.2. The number of carbonyl (C=O) groups is 1. The van der Waals surface area contributed by atoms with E-state index in [2.05, 4.69) is 5.16 Å². The lowest BCUT2D eigenvalue weighted by molar-refractivity contribution is -0.0180. The highest BCUT2D eigenvalue weighted by Crippen LogP contribution is 2.33. The second-order valence-corrected chi connectivity index (χ2v) is 7.91. The van der Waals surface area contributed by atoms with Crippen LogP contribution in [-0.2, 0) is 28.4 Å². The second kappa shape index (κ2) is 8.90. The summed E-state index contributed by atoms with van der Waals surface area (Å²) in [5, 5.41) is 4.42. The fourth-order valence-corrected chi connectivity index (χ4v) is 4.16. The summed E-state index contributed by atoms with van der Waals surface area (Å²) in [6, 6.07) is 12.7. The molecular formula is C21H18ClNO5S. The monoisotopic (exact) mass is 431 g/mol. The first kappa shape index (κ1) is 19.8. The number of hydrogen-bond donors (Lipinski definition) is 0. The Balaban J connectivity index is 1.46. The van der Waals surface area contributed by atoms with Crippen molar-refractivity contribution in [1.82, 2.24) is 5.16 Å². The SMILES string of the molecule is Cc1cc(CSc2ccccc2C(=O)OCc2cc(Cl)cc3c2OCOC3)on1. The molecule has 8 heteroatoms. The maximum Gasteiger partial charge on any atom is 0.339 e. The van der Waals surface area contributed by atoms with Gasteiger partial charge in [-0.05, 0) is 31.2 Å². The summed E-state index contributed by atoms with van der Waals surface area (Å²) < 4.78 is 21.6. The third-order valence-electron chi connectivity index (χ3n) is 4.26. The van der Waals surface area contributed by atoms with E-state index in [1.165, 1.54) is 11.8 Å². The van der Waals surface area contributed by atoms with E-state index in [1.807, 2.05) is 25.1 Å². The molecule has 0 spiro atoms. The predicted octanol–water partition coefficient (Wildman–Crippen LogP) is 5.15. The minimum absolute atomic E-state index is 0.0576. The van der Waals surface area contributed by atoms with Crippen LogP contribution >= 0.6 is 23.4 Å². The fourth-order valence-electron chi connectivity index (χ4n) is 2.98. The molecule has 4 rings (SSSR count). The molecular weight excluding hydrogens is 414 g/mol. The molecule has 0 atom stereocenters. The molecule has 6 nitrogen and oxygen atoms in total. The lowest BCUT2D eigenvalue weighted by Crippen LogP contribution is -2.14. The number of ether oxygens (including phenoxy) is 3. The number of halogens is 1. The normalized spacial score (nSPS) is 12.9. The molecule has 0 fully saturated rings. The highest BCUT2D eigenvalue weighted by Gasteiger charge is 2.19. The van der Waals surface area contributed by atoms with Crippen LogP contribution < -0.4 is 4.74 Å². The molecule has 2 aromatic carbocycles. The third kappa shape index (κ3) is 4.75. The number of nitrogens with zero attached hydrogens (tertiary/aromatic N) is 1. The molecule has 0 amide bonds. The van der Waals surface area contributed by atoms with E-state index in [0.717, 1.165) is 21.9 Å². The van der Waals surface area contributed by atoms with Gasteiger partial charge in [-0.3, -0.25) is 0 Å². The molecule has 2 heterocycles. The number of rotatable bonds is 6. The molecule has 1 aliphatic rings. The van der Waals surface area contributed by atoms with Crippen LogP contribution in [0.1, 0.15) is 32.9 Å². The van der Waals surface area contributed by atoms with Crippen LogP contribution in [0.25, 0.3) is 0 Å². The summed E-state index contributed by atoms with van der Waals surface area (Å²) in [5.41, 5.74) is 2.87. The number of aromatic nitrogens is 1. The Morgan fingerprint density at radius 2 is 2.14 bits per heavy atom. The van der Waals surface area contributed by atoms with Crippen LogP contribution in [-0.4, -0.2) is 17.9 Å². The number of esters is 1. The smallest absolute Gasteiger partial charge is 0.339 e. The van der Waals surface area contributed by atoms with Crippen molar-refractivity contribution < 1.29 is 23.5 Å². The van der Waals surface area contributed by atoms with E-state index in [-0.39, 0.29) is 13.4 Å². The number of thioether (sulfide) groups is 1. The number of fused-ring (bicyclic) bond motifs is 1. The van der Waals surface area contributed by atoms with Gasteiger partial charge in [0.2, 0.25) is 0 Å². The Morgan fingerprint density at radius 1 is 1.28 bits per heavy atom. The molecule has 0 unspecified atom stereocenters. The Kier molecular flexibility index (Phi) is 6.08. The standard InChI is InChI=1S/C21H18ClNO5S/c1-13-6-17(28-23-13)11-29-19-5-3-2-4-18(19)21(24)26-10-15-8-16(22)7-14-9-25-12-27-20(14)15/h2-8H,9-12H2,1H3. The fraction of sp³-hybridized carbons (Fsp3) is 0.238. The number of hydrogen-bond acceptors (Lipinski definition) is 7. The van der Waals surface area contributed by atoms with Crippen LogP contribution in [0.2, 0.25) is 5.02 Å². The molecule has 0 bridgehead atoms. The Hall–Kier alpha value is -2.48. The molecule has 3 aromatic rings. The minimum atomic E-state index is -0.414. The van der Waals surface area contributed by atoms with Crippen molar-refractivity contribution in [3.8, 4) is 5.75 Å². The summed E-state index contributed by atoms with van der Waals surface area (Å²) in [6.07, 6.45) is 0. The largest absolute Gasteiger partial charge is 0.467 e. The van der Waals surface area contributed by atoms with Crippen LogP contribution in [0.5, 0.6) is 5.75 Å². The molecule has 0 saturated heterocycles. The van der Waals surface area contributed by atoms with Gasteiger partial charge in [0.15, 0.2) is 6.79 Å². The zero-order valence-electron chi connectivity index (χ0n) is 15.6. The molecule has 1 aliphatic heterocycles. The van der Waals surface area contributed by atoms with E-state index in [0.29, 0.717) is 34.3 Å². The maximum atomic E-state index is 12.7. The Morgan fingerprint density at radius 3 is 2.97 bits per heavy atom. The van der Waals surface area contributed by atoms with E-state index >= 15 is 0 Å². The highest BCUT2D eigenvalue weighted by atomic mass is 35.5. The van der Waals surface area contributed by atoms with Gasteiger partial charge in [-0.25, -0.2) is 4.79 Å². The van der Waals surface area contributed by atoms with Gasteiger partial charge in [-0.2, -0.15) is 0 Å². The van der Waals surface area contributed by atoms with Gasteiger partial charge in [0.25, 0.3) is 0 Å². The van der Waals surface area contributed by atoms with Gasteiger partial charge in [0, 0.05) is 27.1 Å². The van der Waals surface area contributed by atoms with Crippen molar-refractivity contribution in [2.45, 2.75) is 30.8 Å². The Bertz CT molecular complexity index is 1040. The summed E-state index contributed by atoms with van der Waals surface area (Å²) in [6.45, 7) is 2.50. The van der Waals surface area contributed by atoms with Gasteiger partial charge in [-0.1, -0.05) is 28.9 Å². The lowest BCUT2D eigenvalue weighted by atomic mass is 10.1. The van der Waals surface area contributed by atoms with E-state index in [1.54, 1.807) is 24.3 Å². The van der Waals surface area contributed by atoms with Crippen LogP contribution in [0, 0.1) is 6.92 Å². The highest BCUT2D eigenvalue weighted by molar-refractivity contribution is 7.98. The van der Waals surface area contributed by atoms with E-state index in [9.17, 15) is 4.79 Å². The van der Waals surface area contributed by atoms with Crippen molar-refractivity contribution in [3.63, 3.8) is 0 Å². The summed E-state index contributed by atoms with van der Waals surface area (Å²) in [4.78, 5) is 13.5. The quantitative estimate of drug-likeness (QED) is 0.394. The van der Waals surface area contributed by atoms with Crippen molar-refractivity contribution in [1.29, 1.82) is 0 Å². The first-order valence-electron chi connectivity index (χ1n) is 8.93. The van der Waals surface area contributed by atoms with Crippen molar-refractivity contribution in [3.05, 3.63) is 75.6 Å². The minimum Gasteiger partial charge on any atom is -0.467 e. The number of carbonyl (C=O) groups excluding carboxylic acids is 1. The van der Waals surface area contributed by atoms with Gasteiger partial charge in [0.1, 0.15) is 18.1 Å². The molecule has 0 saturated carbocycles. The average Bonchev–Trinajstić information content (AvgIpc) is 3.15. The van der Waals surface area contributed by atoms with Gasteiger partial charge >= 0.3 is 5.97 Å². The summed E-state index contributed by atoms with van der Waals surface area (Å²) in [5.74, 6) is 1.57. The van der Waals surface area contributed by atoms with Crippen LogP contribution in [0.4, 0.5) is 0 Å². The summed E-state index contributed by atoms with van der Waals surface area (Å²) >= 11 is 7.66. The third-order valence-corrected chi connectivity index (χ3v) is 5.58. The van der Waals surface area contributed by atoms with Crippen LogP contribution in [0.3, 0.4) is 0 Å². The number of benzene rings is 2. The molecule has 1 aromatic heterocycles. The van der Waals surface area contributed by atoms with Gasteiger partial charge in [-0.15, -0.1) is 11.8 Å². The second-order valence-electron chi connectivity index (χ2n) is 6.46. The number of aryl methyl sites for hydroxylation is 1. The maximum absolute atomic E-state index is 12.7. The first-order valence-corrected chi connectivity index (χ1v) is 10.3. The Labute approximate surface area is 177 Å². The van der Waals surface area contributed by atoms with Gasteiger partial charge < -0.3 is 18.7 Å². The molecule has 29 heavy (non-hydrogen) atoms. The average molecular weight is 432 g/mol. The molecule has 0 radical (unpaired) electrons. The topological polar surface area (TPSA) is 70.8 Å². The van der Waals surface area contributed by atoms with Crippen molar-refractivity contribution in [2.24, 2.45) is 0 Å². The van der Waals surface area contributed by atoms with Crippen molar-refractivity contribution >= 4 is 29.3 Å². The van der Waals surface area contributed by atoms with Gasteiger partial charge in [0.05, 0.1) is 23.6 Å². The van der Waals surface area contributed by atoms with E-state index in [4.69, 9.17) is 30.3 Å². The molecule has 0 N–H and O–H groups in total. The van der Waals surface area contributed by atoms with Crippen molar-refractivity contribution in [2.75, 3.05) is 6.79 Å². The van der Waals surface area contributed by atoms with E-state index < -0.39 is 5.97 Å². The molecule has 150 valence electrons. The predicted molar refractivity (Wildman–Crippen MR) is 108 cm³/mol. The van der Waals surface area contributed by atoms with Crippen LogP contribution in [0.15, 0.2) is 51.9 Å². The summed E-state index contributed by atoms with van der Waals surface area (Å²) in [7, 11) is 0. The lowest BCUT2D eigenvalue weighted by Gasteiger charge is -2.21.